The van der Waals surface area contributed by atoms with Crippen LogP contribution in [0.4, 0.5) is 15.0 Å². The Morgan fingerprint density at radius 3 is 3.00 bits per heavy atom. The first-order chi connectivity index (χ1) is 10.3. The van der Waals surface area contributed by atoms with E-state index in [2.05, 4.69) is 15.3 Å². The van der Waals surface area contributed by atoms with Gasteiger partial charge in [-0.25, -0.2) is 14.2 Å². The fourth-order valence-corrected chi connectivity index (χ4v) is 2.74. The second-order valence-corrected chi connectivity index (χ2v) is 6.32. The summed E-state index contributed by atoms with van der Waals surface area (Å²) < 4.78 is 19.3. The first-order valence-corrected chi connectivity index (χ1v) is 7.52. The average Bonchev–Trinajstić information content (AvgIpc) is 2.42. The van der Waals surface area contributed by atoms with Gasteiger partial charge in [-0.05, 0) is 37.8 Å². The first kappa shape index (κ1) is 16.7. The van der Waals surface area contributed by atoms with Gasteiger partial charge >= 0.3 is 6.09 Å². The molecule has 1 aliphatic carbocycles. The molecule has 1 aliphatic rings. The van der Waals surface area contributed by atoms with E-state index < -0.39 is 11.4 Å². The number of aromatic nitrogens is 2. The zero-order chi connectivity index (χ0) is 16.3. The summed E-state index contributed by atoms with van der Waals surface area (Å²) in [6.07, 6.45) is 3.72. The summed E-state index contributed by atoms with van der Waals surface area (Å²) in [4.78, 5) is 20.6. The van der Waals surface area contributed by atoms with Gasteiger partial charge < -0.3 is 15.0 Å². The van der Waals surface area contributed by atoms with Crippen LogP contribution in [-0.2, 0) is 4.74 Å². The molecule has 22 heavy (non-hydrogen) atoms. The van der Waals surface area contributed by atoms with Gasteiger partial charge in [-0.15, -0.1) is 0 Å². The largest absolute Gasteiger partial charge is 0.443 e. The highest BCUT2D eigenvalue weighted by Crippen LogP contribution is 2.33. The van der Waals surface area contributed by atoms with Crippen molar-refractivity contribution in [2.45, 2.75) is 44.2 Å². The standard InChI is InChI=1S/C14H20ClFN4O2/c1-14(22-13(21)20(2)3)6-4-5-9(7-14)18-11-10(16)8-17-12(15)19-11/h8-9H,4-7H2,1-3H3,(H,17,18,19). The fraction of sp³-hybridized carbons (Fsp3) is 0.643. The van der Waals surface area contributed by atoms with E-state index in [1.165, 1.54) is 4.90 Å². The van der Waals surface area contributed by atoms with Crippen molar-refractivity contribution in [3.8, 4) is 0 Å². The van der Waals surface area contributed by atoms with Gasteiger partial charge in [-0.1, -0.05) is 0 Å². The molecule has 122 valence electrons. The molecule has 2 atom stereocenters. The highest BCUT2D eigenvalue weighted by molar-refractivity contribution is 6.28. The van der Waals surface area contributed by atoms with Gasteiger partial charge in [0, 0.05) is 26.6 Å². The molecule has 2 unspecified atom stereocenters. The number of hydrogen-bond donors (Lipinski definition) is 1. The van der Waals surface area contributed by atoms with E-state index >= 15 is 0 Å². The van der Waals surface area contributed by atoms with Crippen molar-refractivity contribution >= 4 is 23.5 Å². The third-order valence-corrected chi connectivity index (χ3v) is 3.87. The third kappa shape index (κ3) is 4.19. The Labute approximate surface area is 134 Å². The Hall–Kier alpha value is -1.63. The predicted octanol–water partition coefficient (Wildman–Crippen LogP) is 3.08. The lowest BCUT2D eigenvalue weighted by Gasteiger charge is -2.38. The Bertz CT molecular complexity index is 558. The highest BCUT2D eigenvalue weighted by Gasteiger charge is 2.36. The quantitative estimate of drug-likeness (QED) is 0.863. The third-order valence-electron chi connectivity index (χ3n) is 3.69. The summed E-state index contributed by atoms with van der Waals surface area (Å²) in [7, 11) is 3.28. The lowest BCUT2D eigenvalue weighted by Crippen LogP contribution is -2.44. The molecule has 0 aliphatic heterocycles. The molecule has 0 spiro atoms. The minimum Gasteiger partial charge on any atom is -0.443 e. The lowest BCUT2D eigenvalue weighted by atomic mass is 9.83. The van der Waals surface area contributed by atoms with Crippen molar-refractivity contribution in [2.75, 3.05) is 19.4 Å². The molecular formula is C14H20ClFN4O2. The minimum atomic E-state index is -0.579. The Kier molecular flexibility index (Phi) is 5.05. The summed E-state index contributed by atoms with van der Waals surface area (Å²) in [5, 5.41) is 3.02. The molecule has 2 rings (SSSR count). The van der Waals surface area contributed by atoms with Crippen molar-refractivity contribution in [1.29, 1.82) is 0 Å². The molecule has 1 aromatic rings. The minimum absolute atomic E-state index is 0.0125. The van der Waals surface area contributed by atoms with E-state index in [1.54, 1.807) is 14.1 Å². The molecule has 0 aromatic carbocycles. The maximum absolute atomic E-state index is 13.7. The number of amides is 1. The average molecular weight is 331 g/mol. The van der Waals surface area contributed by atoms with Gasteiger partial charge in [0.2, 0.25) is 5.28 Å². The van der Waals surface area contributed by atoms with Gasteiger partial charge in [0.1, 0.15) is 5.60 Å². The van der Waals surface area contributed by atoms with E-state index in [0.29, 0.717) is 6.42 Å². The van der Waals surface area contributed by atoms with E-state index in [0.717, 1.165) is 25.5 Å². The summed E-state index contributed by atoms with van der Waals surface area (Å²) in [6, 6.07) is -0.0471. The maximum atomic E-state index is 13.7. The SMILES string of the molecule is CN(C)C(=O)OC1(C)CCCC(Nc2nc(Cl)ncc2F)C1. The maximum Gasteiger partial charge on any atom is 0.409 e. The molecule has 1 amide bonds. The molecule has 1 fully saturated rings. The molecule has 1 aromatic heterocycles. The molecular weight excluding hydrogens is 311 g/mol. The van der Waals surface area contributed by atoms with Crippen LogP contribution in [0.3, 0.4) is 0 Å². The van der Waals surface area contributed by atoms with E-state index in [-0.39, 0.29) is 23.2 Å². The van der Waals surface area contributed by atoms with E-state index in [1.807, 2.05) is 6.92 Å². The van der Waals surface area contributed by atoms with Gasteiger partial charge in [-0.2, -0.15) is 4.98 Å². The zero-order valence-electron chi connectivity index (χ0n) is 12.9. The number of halogens is 2. The predicted molar refractivity (Wildman–Crippen MR) is 81.5 cm³/mol. The van der Waals surface area contributed by atoms with Crippen molar-refractivity contribution in [3.05, 3.63) is 17.3 Å². The van der Waals surface area contributed by atoms with E-state index in [4.69, 9.17) is 16.3 Å². The number of nitrogens with one attached hydrogen (secondary N) is 1. The summed E-state index contributed by atoms with van der Waals surface area (Å²) in [5.41, 5.74) is -0.579. The molecule has 1 saturated carbocycles. The number of hydrogen-bond acceptors (Lipinski definition) is 5. The number of anilines is 1. The fourth-order valence-electron chi connectivity index (χ4n) is 2.61. The smallest absolute Gasteiger partial charge is 0.409 e. The van der Waals surface area contributed by atoms with Crippen LogP contribution in [0.1, 0.15) is 32.6 Å². The first-order valence-electron chi connectivity index (χ1n) is 7.14. The van der Waals surface area contributed by atoms with Gasteiger partial charge in [0.05, 0.1) is 6.20 Å². The monoisotopic (exact) mass is 330 g/mol. The number of carbonyl (C=O) groups excluding carboxylic acids is 1. The van der Waals surface area contributed by atoms with E-state index in [9.17, 15) is 9.18 Å². The van der Waals surface area contributed by atoms with Gasteiger partial charge in [-0.3, -0.25) is 0 Å². The second-order valence-electron chi connectivity index (χ2n) is 5.99. The normalized spacial score (nSPS) is 24.7. The Balaban J connectivity index is 2.04. The van der Waals surface area contributed by atoms with Crippen molar-refractivity contribution in [3.63, 3.8) is 0 Å². The summed E-state index contributed by atoms with van der Waals surface area (Å²) in [6.45, 7) is 1.89. The van der Waals surface area contributed by atoms with Crippen LogP contribution in [-0.4, -0.2) is 46.7 Å². The highest BCUT2D eigenvalue weighted by atomic mass is 35.5. The molecule has 0 bridgehead atoms. The van der Waals surface area contributed by atoms with Crippen molar-refractivity contribution < 1.29 is 13.9 Å². The van der Waals surface area contributed by atoms with Crippen molar-refractivity contribution in [2.24, 2.45) is 0 Å². The second kappa shape index (κ2) is 6.64. The van der Waals surface area contributed by atoms with Gasteiger partial charge in [0.15, 0.2) is 11.6 Å². The molecule has 1 heterocycles. The number of nitrogens with zero attached hydrogens (tertiary/aromatic N) is 3. The summed E-state index contributed by atoms with van der Waals surface area (Å²) >= 11 is 5.69. The summed E-state index contributed by atoms with van der Waals surface area (Å²) in [5.74, 6) is -0.477. The van der Waals surface area contributed by atoms with Crippen LogP contribution in [0.15, 0.2) is 6.20 Å². The van der Waals surface area contributed by atoms with Crippen LogP contribution >= 0.6 is 11.6 Å². The molecule has 0 radical (unpaired) electrons. The van der Waals surface area contributed by atoms with Gasteiger partial charge in [0.25, 0.3) is 0 Å². The van der Waals surface area contributed by atoms with Crippen LogP contribution < -0.4 is 5.32 Å². The lowest BCUT2D eigenvalue weighted by molar-refractivity contribution is -0.0177. The molecule has 6 nitrogen and oxygen atoms in total. The number of rotatable bonds is 3. The zero-order valence-corrected chi connectivity index (χ0v) is 13.7. The van der Waals surface area contributed by atoms with Crippen LogP contribution in [0.2, 0.25) is 5.28 Å². The Morgan fingerprint density at radius 1 is 1.59 bits per heavy atom. The molecule has 0 saturated heterocycles. The topological polar surface area (TPSA) is 67.3 Å². The van der Waals surface area contributed by atoms with Crippen LogP contribution in [0.5, 0.6) is 0 Å². The van der Waals surface area contributed by atoms with Crippen LogP contribution in [0, 0.1) is 5.82 Å². The molecule has 8 heteroatoms. The molecule has 1 N–H and O–H groups in total. The van der Waals surface area contributed by atoms with Crippen LogP contribution in [0.25, 0.3) is 0 Å². The Morgan fingerprint density at radius 2 is 2.32 bits per heavy atom. The number of ether oxygens (including phenoxy) is 1. The van der Waals surface area contributed by atoms with Crippen molar-refractivity contribution in [1.82, 2.24) is 14.9 Å². The number of carbonyl (C=O) groups is 1.